The van der Waals surface area contributed by atoms with E-state index in [1.54, 1.807) is 11.8 Å². The SMILES string of the molecule is CCNc1ccnc(CSc2cccc(Cl)c2)c1. The predicted molar refractivity (Wildman–Crippen MR) is 79.4 cm³/mol. The fourth-order valence-corrected chi connectivity index (χ4v) is 2.70. The molecule has 0 unspecified atom stereocenters. The first-order chi connectivity index (χ1) is 8.78. The summed E-state index contributed by atoms with van der Waals surface area (Å²) in [6.45, 7) is 3.01. The zero-order valence-electron chi connectivity index (χ0n) is 10.2. The smallest absolute Gasteiger partial charge is 0.0526 e. The average Bonchev–Trinajstić information content (AvgIpc) is 2.37. The largest absolute Gasteiger partial charge is 0.385 e. The van der Waals surface area contributed by atoms with E-state index in [0.29, 0.717) is 0 Å². The van der Waals surface area contributed by atoms with Crippen LogP contribution in [0.3, 0.4) is 0 Å². The predicted octanol–water partition coefficient (Wildman–Crippen LogP) is 4.46. The summed E-state index contributed by atoms with van der Waals surface area (Å²) in [4.78, 5) is 5.53. The molecule has 0 bridgehead atoms. The van der Waals surface area contributed by atoms with Crippen LogP contribution in [0, 0.1) is 0 Å². The van der Waals surface area contributed by atoms with E-state index in [0.717, 1.165) is 33.6 Å². The van der Waals surface area contributed by atoms with E-state index in [-0.39, 0.29) is 0 Å². The summed E-state index contributed by atoms with van der Waals surface area (Å²) in [5, 5.41) is 4.06. The molecule has 0 radical (unpaired) electrons. The maximum Gasteiger partial charge on any atom is 0.0526 e. The van der Waals surface area contributed by atoms with Crippen LogP contribution in [-0.2, 0) is 5.75 Å². The molecule has 0 saturated carbocycles. The van der Waals surface area contributed by atoms with Gasteiger partial charge in [0.15, 0.2) is 0 Å². The Morgan fingerprint density at radius 2 is 2.17 bits per heavy atom. The van der Waals surface area contributed by atoms with Crippen LogP contribution in [0.5, 0.6) is 0 Å². The number of nitrogens with zero attached hydrogens (tertiary/aromatic N) is 1. The van der Waals surface area contributed by atoms with Gasteiger partial charge in [-0.2, -0.15) is 0 Å². The number of halogens is 1. The molecule has 0 atom stereocenters. The van der Waals surface area contributed by atoms with Crippen molar-refractivity contribution in [2.24, 2.45) is 0 Å². The van der Waals surface area contributed by atoms with Crippen LogP contribution >= 0.6 is 23.4 Å². The van der Waals surface area contributed by atoms with Crippen molar-refractivity contribution in [1.29, 1.82) is 0 Å². The van der Waals surface area contributed by atoms with E-state index in [9.17, 15) is 0 Å². The van der Waals surface area contributed by atoms with Gasteiger partial charge in [0.1, 0.15) is 0 Å². The van der Waals surface area contributed by atoms with Crippen molar-refractivity contribution in [3.8, 4) is 0 Å². The summed E-state index contributed by atoms with van der Waals surface area (Å²) >= 11 is 7.69. The van der Waals surface area contributed by atoms with Gasteiger partial charge in [-0.15, -0.1) is 11.8 Å². The van der Waals surface area contributed by atoms with E-state index in [2.05, 4.69) is 29.4 Å². The number of rotatable bonds is 5. The number of hydrogen-bond donors (Lipinski definition) is 1. The van der Waals surface area contributed by atoms with Crippen molar-refractivity contribution >= 4 is 29.1 Å². The van der Waals surface area contributed by atoms with Gasteiger partial charge in [0.2, 0.25) is 0 Å². The molecule has 4 heteroatoms. The quantitative estimate of drug-likeness (QED) is 0.818. The number of pyridine rings is 1. The summed E-state index contributed by atoms with van der Waals surface area (Å²) in [6.07, 6.45) is 1.84. The molecule has 1 aromatic heterocycles. The van der Waals surface area contributed by atoms with Crippen LogP contribution in [0.25, 0.3) is 0 Å². The van der Waals surface area contributed by atoms with Gasteiger partial charge in [0.05, 0.1) is 5.69 Å². The van der Waals surface area contributed by atoms with Crippen molar-refractivity contribution in [1.82, 2.24) is 4.98 Å². The molecule has 1 aromatic carbocycles. The fraction of sp³-hybridized carbons (Fsp3) is 0.214. The van der Waals surface area contributed by atoms with E-state index in [4.69, 9.17) is 11.6 Å². The van der Waals surface area contributed by atoms with Gasteiger partial charge >= 0.3 is 0 Å². The van der Waals surface area contributed by atoms with Crippen LogP contribution in [0.15, 0.2) is 47.5 Å². The number of thioether (sulfide) groups is 1. The molecule has 0 spiro atoms. The monoisotopic (exact) mass is 278 g/mol. The second-order valence-corrected chi connectivity index (χ2v) is 5.30. The van der Waals surface area contributed by atoms with Crippen LogP contribution in [0.1, 0.15) is 12.6 Å². The molecule has 0 aliphatic heterocycles. The zero-order chi connectivity index (χ0) is 12.8. The van der Waals surface area contributed by atoms with Gasteiger partial charge < -0.3 is 5.32 Å². The third kappa shape index (κ3) is 3.93. The highest BCUT2D eigenvalue weighted by molar-refractivity contribution is 7.98. The first-order valence-corrected chi connectivity index (χ1v) is 7.21. The molecule has 1 heterocycles. The fourth-order valence-electron chi connectivity index (χ4n) is 1.59. The van der Waals surface area contributed by atoms with Crippen LogP contribution in [0.2, 0.25) is 5.02 Å². The van der Waals surface area contributed by atoms with Crippen LogP contribution in [0.4, 0.5) is 5.69 Å². The van der Waals surface area contributed by atoms with Gasteiger partial charge in [-0.05, 0) is 37.3 Å². The first-order valence-electron chi connectivity index (χ1n) is 5.85. The number of benzene rings is 1. The van der Waals surface area contributed by atoms with Crippen molar-refractivity contribution in [2.45, 2.75) is 17.6 Å². The van der Waals surface area contributed by atoms with Crippen molar-refractivity contribution in [3.05, 3.63) is 53.3 Å². The highest BCUT2D eigenvalue weighted by Gasteiger charge is 2.00. The second kappa shape index (κ2) is 6.66. The van der Waals surface area contributed by atoms with Gasteiger partial charge in [-0.1, -0.05) is 17.7 Å². The Morgan fingerprint density at radius 1 is 1.28 bits per heavy atom. The summed E-state index contributed by atoms with van der Waals surface area (Å²) in [5.41, 5.74) is 2.19. The lowest BCUT2D eigenvalue weighted by Crippen LogP contribution is -1.97. The minimum Gasteiger partial charge on any atom is -0.385 e. The van der Waals surface area contributed by atoms with Crippen LogP contribution in [-0.4, -0.2) is 11.5 Å². The molecule has 18 heavy (non-hydrogen) atoms. The number of anilines is 1. The maximum atomic E-state index is 5.95. The Bertz CT molecular complexity index is 517. The second-order valence-electron chi connectivity index (χ2n) is 3.81. The van der Waals surface area contributed by atoms with Gasteiger partial charge in [-0.3, -0.25) is 4.98 Å². The zero-order valence-corrected chi connectivity index (χ0v) is 11.8. The molecular weight excluding hydrogens is 264 g/mol. The van der Waals surface area contributed by atoms with E-state index < -0.39 is 0 Å². The minimum atomic E-state index is 0.773. The molecule has 0 saturated heterocycles. The Hall–Kier alpha value is -1.19. The maximum absolute atomic E-state index is 5.95. The van der Waals surface area contributed by atoms with Crippen molar-refractivity contribution < 1.29 is 0 Å². The Morgan fingerprint density at radius 3 is 2.94 bits per heavy atom. The summed E-state index contributed by atoms with van der Waals surface area (Å²) in [5.74, 6) is 0.847. The van der Waals surface area contributed by atoms with Crippen LogP contribution < -0.4 is 5.32 Å². The summed E-state index contributed by atoms with van der Waals surface area (Å²) in [6, 6.07) is 12.0. The van der Waals surface area contributed by atoms with E-state index >= 15 is 0 Å². The average molecular weight is 279 g/mol. The molecule has 94 valence electrons. The Balaban J connectivity index is 1.99. The molecule has 0 aliphatic carbocycles. The molecule has 2 aromatic rings. The third-order valence-electron chi connectivity index (χ3n) is 2.38. The van der Waals surface area contributed by atoms with E-state index in [1.807, 2.05) is 30.5 Å². The highest BCUT2D eigenvalue weighted by atomic mass is 35.5. The van der Waals surface area contributed by atoms with Gasteiger partial charge in [-0.25, -0.2) is 0 Å². The normalized spacial score (nSPS) is 10.3. The molecule has 2 rings (SSSR count). The van der Waals surface area contributed by atoms with Gasteiger partial charge in [0.25, 0.3) is 0 Å². The first kappa shape index (κ1) is 13.2. The lowest BCUT2D eigenvalue weighted by molar-refractivity contribution is 1.15. The number of hydrogen-bond acceptors (Lipinski definition) is 3. The molecule has 0 fully saturated rings. The molecule has 1 N–H and O–H groups in total. The van der Waals surface area contributed by atoms with E-state index in [1.165, 1.54) is 0 Å². The number of nitrogens with one attached hydrogen (secondary N) is 1. The lowest BCUT2D eigenvalue weighted by Gasteiger charge is -2.06. The Kier molecular flexibility index (Phi) is 4.90. The third-order valence-corrected chi connectivity index (χ3v) is 3.64. The highest BCUT2D eigenvalue weighted by Crippen LogP contribution is 2.25. The van der Waals surface area contributed by atoms with Crippen molar-refractivity contribution in [3.63, 3.8) is 0 Å². The summed E-state index contributed by atoms with van der Waals surface area (Å²) in [7, 11) is 0. The molecule has 0 amide bonds. The summed E-state index contributed by atoms with van der Waals surface area (Å²) < 4.78 is 0. The minimum absolute atomic E-state index is 0.773. The number of aromatic nitrogens is 1. The van der Waals surface area contributed by atoms with Gasteiger partial charge in [0, 0.05) is 34.1 Å². The topological polar surface area (TPSA) is 24.9 Å². The lowest BCUT2D eigenvalue weighted by atomic mass is 10.3. The molecule has 2 nitrogen and oxygen atoms in total. The Labute approximate surface area is 117 Å². The molecular formula is C14H15ClN2S. The standard InChI is InChI=1S/C14H15ClN2S/c1-2-16-12-6-7-17-13(9-12)10-18-14-5-3-4-11(15)8-14/h3-9H,2,10H2,1H3,(H,16,17). The van der Waals surface area contributed by atoms with Crippen molar-refractivity contribution in [2.75, 3.05) is 11.9 Å². The molecule has 0 aliphatic rings.